The molecule has 3 aromatic rings. The summed E-state index contributed by atoms with van der Waals surface area (Å²) in [7, 11) is -0.516. The van der Waals surface area contributed by atoms with E-state index in [1.54, 1.807) is 0 Å². The van der Waals surface area contributed by atoms with Crippen molar-refractivity contribution in [2.45, 2.75) is 0 Å². The van der Waals surface area contributed by atoms with Crippen LogP contribution in [0.25, 0.3) is 0 Å². The summed E-state index contributed by atoms with van der Waals surface area (Å²) in [5.41, 5.74) is 1.28. The second-order valence-corrected chi connectivity index (χ2v) is 8.91. The van der Waals surface area contributed by atoms with Crippen LogP contribution >= 0.6 is 7.92 Å². The molecule has 2 saturated carbocycles. The van der Waals surface area contributed by atoms with E-state index in [0.29, 0.717) is 0 Å². The Hall–Kier alpha value is -1.39. The predicted molar refractivity (Wildman–Crippen MR) is 126 cm³/mol. The summed E-state index contributed by atoms with van der Waals surface area (Å²) in [6.07, 6.45) is 18.5. The van der Waals surface area contributed by atoms with Gasteiger partial charge in [0.05, 0.1) is 0 Å². The SMILES string of the molecule is [CH]1[CH][CH][CH][CH]1.[CH]1[CH][CH][C](c2ccc(P(c3ccccc3)c3ccccc3)cc2)[CH]1.[Fe+2]. The maximum atomic E-state index is 2.29. The molecule has 0 aromatic heterocycles. The Morgan fingerprint density at radius 1 is 0.400 bits per heavy atom. The minimum atomic E-state index is -0.516. The summed E-state index contributed by atoms with van der Waals surface area (Å²) in [6, 6.07) is 30.7. The minimum Gasteiger partial charge on any atom is -0.0622 e. The van der Waals surface area contributed by atoms with E-state index in [2.05, 4.69) is 111 Å². The van der Waals surface area contributed by atoms with Crippen LogP contribution in [0, 0.1) is 63.7 Å². The van der Waals surface area contributed by atoms with Gasteiger partial charge in [-0.05, 0) is 87.2 Å². The normalized spacial score (nSPS) is 16.0. The van der Waals surface area contributed by atoms with Gasteiger partial charge >= 0.3 is 17.1 Å². The van der Waals surface area contributed by atoms with Crippen LogP contribution in [0.3, 0.4) is 0 Å². The van der Waals surface area contributed by atoms with Gasteiger partial charge in [0.1, 0.15) is 0 Å². The monoisotopic (exact) mass is 446 g/mol. The molecule has 0 N–H and O–H groups in total. The van der Waals surface area contributed by atoms with Crippen LogP contribution in [0.2, 0.25) is 0 Å². The first kappa shape index (κ1) is 23.3. The summed E-state index contributed by atoms with van der Waals surface area (Å²) in [6.45, 7) is 0. The van der Waals surface area contributed by atoms with Crippen LogP contribution < -0.4 is 15.9 Å². The fourth-order valence-corrected chi connectivity index (χ4v) is 5.57. The van der Waals surface area contributed by atoms with Crippen LogP contribution in [0.4, 0.5) is 0 Å². The van der Waals surface area contributed by atoms with Gasteiger partial charge in [0, 0.05) is 5.92 Å². The van der Waals surface area contributed by atoms with Crippen molar-refractivity contribution in [3.8, 4) is 0 Å². The number of hydrogen-bond acceptors (Lipinski definition) is 0. The van der Waals surface area contributed by atoms with E-state index in [4.69, 9.17) is 0 Å². The molecule has 30 heavy (non-hydrogen) atoms. The number of benzene rings is 3. The molecule has 0 heterocycles. The minimum absolute atomic E-state index is 0. The first-order valence-electron chi connectivity index (χ1n) is 9.81. The van der Waals surface area contributed by atoms with E-state index in [1.807, 2.05) is 32.1 Å². The fraction of sp³-hybridized carbons (Fsp3) is 0. The third kappa shape index (κ3) is 6.31. The maximum absolute atomic E-state index is 2.29. The zero-order chi connectivity index (χ0) is 19.7. The van der Waals surface area contributed by atoms with Crippen molar-refractivity contribution in [2.75, 3.05) is 0 Å². The van der Waals surface area contributed by atoms with Crippen molar-refractivity contribution < 1.29 is 17.1 Å². The van der Waals surface area contributed by atoms with Gasteiger partial charge in [-0.1, -0.05) is 84.9 Å². The van der Waals surface area contributed by atoms with E-state index >= 15 is 0 Å². The summed E-state index contributed by atoms with van der Waals surface area (Å²) >= 11 is 0. The van der Waals surface area contributed by atoms with Crippen molar-refractivity contribution in [1.29, 1.82) is 0 Å². The zero-order valence-corrected chi connectivity index (χ0v) is 18.6. The third-order valence-corrected chi connectivity index (χ3v) is 7.15. The molecule has 2 heteroatoms. The van der Waals surface area contributed by atoms with Crippen LogP contribution in [-0.2, 0) is 17.1 Å². The van der Waals surface area contributed by atoms with Gasteiger partial charge in [-0.25, -0.2) is 0 Å². The van der Waals surface area contributed by atoms with Crippen molar-refractivity contribution in [1.82, 2.24) is 0 Å². The molecule has 3 aromatic carbocycles. The van der Waals surface area contributed by atoms with Crippen LogP contribution in [0.5, 0.6) is 0 Å². The Labute approximate surface area is 194 Å². The van der Waals surface area contributed by atoms with E-state index < -0.39 is 7.92 Å². The van der Waals surface area contributed by atoms with Gasteiger partial charge in [-0.15, -0.1) is 0 Å². The second-order valence-electron chi connectivity index (χ2n) is 6.69. The molecule has 10 radical (unpaired) electrons. The van der Waals surface area contributed by atoms with E-state index in [0.717, 1.165) is 0 Å². The van der Waals surface area contributed by atoms with Gasteiger partial charge in [0.15, 0.2) is 0 Å². The first-order valence-corrected chi connectivity index (χ1v) is 11.1. The zero-order valence-electron chi connectivity index (χ0n) is 16.6. The molecule has 0 atom stereocenters. The number of rotatable bonds is 4. The molecular formula is C28H23FeP+2. The molecule has 0 saturated heterocycles. The van der Waals surface area contributed by atoms with Crippen LogP contribution in [-0.4, -0.2) is 0 Å². The Morgan fingerprint density at radius 3 is 1.23 bits per heavy atom. The van der Waals surface area contributed by atoms with Crippen molar-refractivity contribution >= 4 is 23.8 Å². The Bertz CT molecular complexity index is 788. The first-order chi connectivity index (χ1) is 14.4. The maximum Gasteiger partial charge on any atom is 2.00 e. The Balaban J connectivity index is 0.000000376. The molecule has 0 unspecified atom stereocenters. The van der Waals surface area contributed by atoms with Gasteiger partial charge in [0.2, 0.25) is 0 Å². The summed E-state index contributed by atoms with van der Waals surface area (Å²) in [4.78, 5) is 0. The molecule has 2 fully saturated rings. The largest absolute Gasteiger partial charge is 2.00 e. The average molecular weight is 446 g/mol. The number of hydrogen-bond donors (Lipinski definition) is 0. The molecular weight excluding hydrogens is 423 g/mol. The van der Waals surface area contributed by atoms with Gasteiger partial charge in [0.25, 0.3) is 0 Å². The average Bonchev–Trinajstić information content (AvgIpc) is 3.53. The standard InChI is InChI=1S/C23H18P.C5H5.Fe/c1-3-11-21(12-4-1)24(22-13-5-2-6-14-22)23-17-15-20(16-18-23)19-9-7-8-10-19;1-2-4-5-3-1;/h1-18H;1-5H;/q;;+2. The third-order valence-electron chi connectivity index (χ3n) is 4.71. The quantitative estimate of drug-likeness (QED) is 0.381. The van der Waals surface area contributed by atoms with Crippen molar-refractivity contribution in [3.63, 3.8) is 0 Å². The second kappa shape index (κ2) is 12.5. The molecule has 0 aliphatic heterocycles. The van der Waals surface area contributed by atoms with Gasteiger partial charge in [-0.3, -0.25) is 0 Å². The summed E-state index contributed by atoms with van der Waals surface area (Å²) in [5.74, 6) is 1.28. The molecule has 146 valence electrons. The topological polar surface area (TPSA) is 0 Å². The van der Waals surface area contributed by atoms with E-state index in [-0.39, 0.29) is 17.1 Å². The van der Waals surface area contributed by atoms with Crippen LogP contribution in [0.15, 0.2) is 84.9 Å². The molecule has 2 aliphatic rings. The van der Waals surface area contributed by atoms with Crippen molar-refractivity contribution in [2.24, 2.45) is 0 Å². The molecule has 0 amide bonds. The van der Waals surface area contributed by atoms with E-state index in [1.165, 1.54) is 27.4 Å². The predicted octanol–water partition coefficient (Wildman–Crippen LogP) is 5.22. The molecule has 0 nitrogen and oxygen atoms in total. The summed E-state index contributed by atoms with van der Waals surface area (Å²) in [5, 5.41) is 4.16. The molecule has 2 aliphatic carbocycles. The molecule has 0 bridgehead atoms. The van der Waals surface area contributed by atoms with Crippen molar-refractivity contribution in [3.05, 3.63) is 154 Å². The van der Waals surface area contributed by atoms with E-state index in [9.17, 15) is 0 Å². The Morgan fingerprint density at radius 2 is 0.800 bits per heavy atom. The van der Waals surface area contributed by atoms with Crippen LogP contribution in [0.1, 0.15) is 5.56 Å². The Kier molecular flexibility index (Phi) is 9.67. The smallest absolute Gasteiger partial charge is 0.0622 e. The molecule has 0 spiro atoms. The van der Waals surface area contributed by atoms with Gasteiger partial charge < -0.3 is 0 Å². The fourth-order valence-electron chi connectivity index (χ4n) is 3.29. The molecule has 5 rings (SSSR count). The summed E-state index contributed by atoms with van der Waals surface area (Å²) < 4.78 is 0. The van der Waals surface area contributed by atoms with Gasteiger partial charge in [-0.2, -0.15) is 0 Å².